The number of guanidine groups is 1. The molecule has 0 aliphatic heterocycles. The molecular weight excluding hydrogens is 318 g/mol. The van der Waals surface area contributed by atoms with E-state index in [0.29, 0.717) is 18.8 Å². The van der Waals surface area contributed by atoms with Crippen LogP contribution in [0, 0.1) is 5.82 Å². The summed E-state index contributed by atoms with van der Waals surface area (Å²) >= 11 is 0. The lowest BCUT2D eigenvalue weighted by molar-refractivity contribution is 0.234. The van der Waals surface area contributed by atoms with Crippen LogP contribution in [0.1, 0.15) is 5.69 Å². The van der Waals surface area contributed by atoms with E-state index in [9.17, 15) is 9.60 Å². The van der Waals surface area contributed by atoms with Gasteiger partial charge < -0.3 is 16.8 Å². The Bertz CT molecular complexity index is 759. The largest absolute Gasteiger partial charge is 0.370 e. The third-order valence-corrected chi connectivity index (χ3v) is 2.74. The molecule has 0 spiro atoms. The first-order valence-electron chi connectivity index (χ1n) is 6.67. The average molecular weight is 332 g/mol. The molecule has 1 heterocycles. The highest BCUT2D eigenvalue weighted by Gasteiger charge is 2.16. The minimum absolute atomic E-state index is 0.0384. The lowest BCUT2D eigenvalue weighted by Gasteiger charge is -2.05. The van der Waals surface area contributed by atoms with Crippen LogP contribution in [0.3, 0.4) is 0 Å². The smallest absolute Gasteiger partial charge is 0.202 e. The van der Waals surface area contributed by atoms with E-state index < -0.39 is 5.82 Å². The van der Waals surface area contributed by atoms with E-state index in [0.717, 1.165) is 6.07 Å². The predicted octanol–water partition coefficient (Wildman–Crippen LogP) is -1.26. The highest BCUT2D eigenvalue weighted by atomic mass is 19.1. The Kier molecular flexibility index (Phi) is 5.68. The zero-order valence-electron chi connectivity index (χ0n) is 12.4. The summed E-state index contributed by atoms with van der Waals surface area (Å²) in [5.74, 6) is -0.483. The molecule has 1 aromatic carbocycles. The van der Waals surface area contributed by atoms with Crippen molar-refractivity contribution in [2.24, 2.45) is 21.5 Å². The molecule has 0 unspecified atom stereocenters. The molecule has 2 radical (unpaired) electrons. The number of halogens is 1. The van der Waals surface area contributed by atoms with Gasteiger partial charge in [-0.3, -0.25) is 15.7 Å². The Labute approximate surface area is 137 Å². The molecule has 0 atom stereocenters. The van der Waals surface area contributed by atoms with Crippen LogP contribution in [0.4, 0.5) is 15.9 Å². The maximum absolute atomic E-state index is 13.2. The molecule has 0 saturated heterocycles. The summed E-state index contributed by atoms with van der Waals surface area (Å²) in [6.45, 7) is 0.628. The van der Waals surface area contributed by atoms with Crippen LogP contribution in [-0.2, 0) is 0 Å². The highest BCUT2D eigenvalue weighted by molar-refractivity contribution is 6.32. The number of hydrogen-bond donors (Lipinski definition) is 5. The normalized spacial score (nSPS) is 11.2. The first-order chi connectivity index (χ1) is 11.5. The second-order valence-corrected chi connectivity index (χ2v) is 4.47. The van der Waals surface area contributed by atoms with Crippen LogP contribution in [0.25, 0.3) is 0 Å². The third kappa shape index (κ3) is 4.43. The quantitative estimate of drug-likeness (QED) is 0.144. The lowest BCUT2D eigenvalue weighted by Crippen LogP contribution is -2.24. The average Bonchev–Trinajstić information content (AvgIpc) is 3.00. The van der Waals surface area contributed by atoms with Gasteiger partial charge in [0, 0.05) is 6.54 Å². The fraction of sp³-hybridized carbons (Fsp3) is 0.167. The summed E-state index contributed by atoms with van der Waals surface area (Å²) in [4.78, 5) is 7.87. The summed E-state index contributed by atoms with van der Waals surface area (Å²) < 4.78 is 17.8. The van der Waals surface area contributed by atoms with Crippen molar-refractivity contribution in [1.29, 1.82) is 0 Å². The van der Waals surface area contributed by atoms with E-state index in [2.05, 4.69) is 30.2 Å². The molecule has 24 heavy (non-hydrogen) atoms. The Balaban J connectivity index is 2.18. The number of hydrogen-bond acceptors (Lipinski definition) is 7. The molecule has 0 bridgehead atoms. The van der Waals surface area contributed by atoms with Crippen LogP contribution in [0.15, 0.2) is 32.8 Å². The van der Waals surface area contributed by atoms with Gasteiger partial charge in [0.25, 0.3) is 0 Å². The van der Waals surface area contributed by atoms with Gasteiger partial charge >= 0.3 is 0 Å². The number of amidine groups is 1. The number of benzene rings is 1. The van der Waals surface area contributed by atoms with Crippen molar-refractivity contribution >= 4 is 36.6 Å². The maximum atomic E-state index is 13.2. The number of rotatable bonds is 6. The fourth-order valence-corrected chi connectivity index (χ4v) is 1.68. The molecular formula is C12H14BFN8O2. The van der Waals surface area contributed by atoms with Crippen molar-refractivity contribution in [3.8, 4) is 0 Å². The summed E-state index contributed by atoms with van der Waals surface area (Å²) in [7, 11) is 5.47. The van der Waals surface area contributed by atoms with Gasteiger partial charge in [0.2, 0.25) is 5.82 Å². The number of aromatic nitrogens is 2. The number of nitrogens with one attached hydrogen (secondary N) is 2. The summed E-state index contributed by atoms with van der Waals surface area (Å²) in [6.07, 6.45) is 0. The van der Waals surface area contributed by atoms with Gasteiger partial charge in [0.1, 0.15) is 13.7 Å². The Morgan fingerprint density at radius 2 is 2.17 bits per heavy atom. The minimum Gasteiger partial charge on any atom is -0.370 e. The highest BCUT2D eigenvalue weighted by Crippen LogP contribution is 2.15. The molecule has 0 saturated carbocycles. The zero-order valence-corrected chi connectivity index (χ0v) is 12.4. The standard InChI is InChI=1S/C12H14BFN8O2/c13-7-5-6(1-2-8(7)14)19-11(20-23)9-10(22-24-21-9)17-3-4-18-12(15)16/h1-2,5,23H,3-4H2,(H,17,22)(H,19,20)(H4,15,16,18). The molecule has 124 valence electrons. The Morgan fingerprint density at radius 1 is 1.38 bits per heavy atom. The van der Waals surface area contributed by atoms with Crippen LogP contribution >= 0.6 is 0 Å². The number of aliphatic imine (C=N–C) groups is 2. The van der Waals surface area contributed by atoms with Crippen molar-refractivity contribution < 1.29 is 14.2 Å². The Hall–Kier alpha value is -3.15. The number of nitrogens with two attached hydrogens (primary N) is 2. The van der Waals surface area contributed by atoms with E-state index in [1.54, 1.807) is 0 Å². The van der Waals surface area contributed by atoms with Crippen LogP contribution in [0.5, 0.6) is 0 Å². The third-order valence-electron chi connectivity index (χ3n) is 2.74. The SMILES string of the molecule is [B]c1cc(N=C(NO)c2nonc2NCCN=C(N)N)ccc1F. The molecule has 1 aromatic heterocycles. The molecule has 12 heteroatoms. The van der Waals surface area contributed by atoms with E-state index in [4.69, 9.17) is 19.3 Å². The second-order valence-electron chi connectivity index (χ2n) is 4.47. The summed E-state index contributed by atoms with van der Waals surface area (Å²) in [5, 5.41) is 19.4. The van der Waals surface area contributed by atoms with Crippen LogP contribution in [0.2, 0.25) is 0 Å². The maximum Gasteiger partial charge on any atom is 0.202 e. The lowest BCUT2D eigenvalue weighted by atomic mass is 9.95. The summed E-state index contributed by atoms with van der Waals surface area (Å²) in [5.41, 5.74) is 12.6. The van der Waals surface area contributed by atoms with Gasteiger partial charge in [0.15, 0.2) is 17.5 Å². The van der Waals surface area contributed by atoms with Crippen molar-refractivity contribution in [2.45, 2.75) is 0 Å². The van der Waals surface area contributed by atoms with Crippen LogP contribution < -0.4 is 27.7 Å². The minimum atomic E-state index is -0.572. The van der Waals surface area contributed by atoms with Crippen molar-refractivity contribution in [1.82, 2.24) is 15.8 Å². The fourth-order valence-electron chi connectivity index (χ4n) is 1.68. The first-order valence-corrected chi connectivity index (χ1v) is 6.67. The molecule has 0 fully saturated rings. The van der Waals surface area contributed by atoms with Gasteiger partial charge in [0.05, 0.1) is 12.2 Å². The van der Waals surface area contributed by atoms with Gasteiger partial charge in [-0.1, -0.05) is 5.46 Å². The molecule has 0 amide bonds. The first kappa shape index (κ1) is 17.2. The molecule has 0 aliphatic carbocycles. The van der Waals surface area contributed by atoms with E-state index in [-0.39, 0.29) is 28.8 Å². The topological polar surface area (TPSA) is 160 Å². The van der Waals surface area contributed by atoms with Crippen molar-refractivity contribution in [3.05, 3.63) is 29.7 Å². The van der Waals surface area contributed by atoms with Crippen LogP contribution in [-0.4, -0.2) is 48.3 Å². The molecule has 2 aromatic rings. The molecule has 0 aliphatic rings. The summed E-state index contributed by atoms with van der Waals surface area (Å²) in [6, 6.07) is 3.83. The van der Waals surface area contributed by atoms with E-state index in [1.807, 2.05) is 5.48 Å². The monoisotopic (exact) mass is 332 g/mol. The van der Waals surface area contributed by atoms with Gasteiger partial charge in [-0.25, -0.2) is 14.0 Å². The second kappa shape index (κ2) is 7.92. The molecule has 2 rings (SSSR count). The number of anilines is 1. The van der Waals surface area contributed by atoms with Gasteiger partial charge in [-0.05, 0) is 28.5 Å². The molecule has 7 N–H and O–H groups in total. The van der Waals surface area contributed by atoms with Gasteiger partial charge in [-0.2, -0.15) is 0 Å². The van der Waals surface area contributed by atoms with Gasteiger partial charge in [-0.15, -0.1) is 0 Å². The van der Waals surface area contributed by atoms with Crippen molar-refractivity contribution in [3.63, 3.8) is 0 Å². The predicted molar refractivity (Wildman–Crippen MR) is 86.4 cm³/mol. The zero-order chi connectivity index (χ0) is 17.5. The molecule has 10 nitrogen and oxygen atoms in total. The number of nitrogens with zero attached hydrogens (tertiary/aromatic N) is 4. The van der Waals surface area contributed by atoms with E-state index in [1.165, 1.54) is 12.1 Å². The van der Waals surface area contributed by atoms with Crippen molar-refractivity contribution in [2.75, 3.05) is 18.4 Å². The van der Waals surface area contributed by atoms with E-state index >= 15 is 0 Å². The number of hydroxylamine groups is 1. The Morgan fingerprint density at radius 3 is 2.83 bits per heavy atom.